The molecule has 0 aliphatic rings. The molecular formula is C72H133N13O20. The first kappa shape index (κ1) is 102. The van der Waals surface area contributed by atoms with Crippen LogP contribution in [-0.4, -0.2) is 263 Å². The highest BCUT2D eigenvalue weighted by atomic mass is 16.6. The highest BCUT2D eigenvalue weighted by Gasteiger charge is 2.28. The standard InChI is InChI=1S/C64H121N13O20.C5H8.C3H4/c1-48(60(65)84)18-9-12-23-67-56(80)44-94-38-34-92-36-40-96-46-58(82)69-26-16-28-89-30-32-91-33-31-90-29-17-27-70-59(83)47-97-41-37-93-35-39-95-45-57(81)68-24-14-11-20-53(62(86)71-25-13-10-19-49(2)61(66)85)75-55(79)22-15-21-54(78)74-52(42-72-63(5,6)50(3)76-87)43-73-64(7,8)51(4)77-88;1-3-5-4-2;1-3-2/h48-49,52-53,72-73,87-88H,9-47H2,1-8H3,(H2,65,84)(H2,66,85)(H,67,80)(H,68,81)(H,69,82)(H,70,83)(H,71,86)(H,74,78)(H,75,79);5H,1,4H2,2H3;1-2H2/b76-50+,77-51+;;/t48-,49-,53-;;/m0../s1. The number of carbonyl (C=O) groups excluding carboxylic acids is 9. The molecule has 33 nitrogen and oxygen atoms in total. The number of unbranched alkanes of at least 4 members (excludes halogenated alkanes) is 3. The van der Waals surface area contributed by atoms with Gasteiger partial charge in [-0.1, -0.05) is 63.7 Å². The second kappa shape index (κ2) is 69.8. The van der Waals surface area contributed by atoms with Crippen molar-refractivity contribution >= 4 is 64.6 Å². The molecule has 0 heterocycles. The Labute approximate surface area is 623 Å². The minimum atomic E-state index is -0.874. The fourth-order valence-electron chi connectivity index (χ4n) is 8.41. The fraction of sp³-hybridized carbons (Fsp3) is 0.764. The highest BCUT2D eigenvalue weighted by Crippen LogP contribution is 2.11. The molecule has 0 aromatic carbocycles. The number of oxime groups is 2. The van der Waals surface area contributed by atoms with Gasteiger partial charge in [-0.05, 0) is 118 Å². The highest BCUT2D eigenvalue weighted by molar-refractivity contribution is 5.91. The van der Waals surface area contributed by atoms with Crippen LogP contribution in [0.2, 0.25) is 0 Å². The molecule has 0 aliphatic heterocycles. The van der Waals surface area contributed by atoms with Gasteiger partial charge >= 0.3 is 0 Å². The Balaban J connectivity index is -0.0000123. The van der Waals surface area contributed by atoms with Gasteiger partial charge in [-0.15, -0.1) is 11.5 Å². The molecular weight excluding hydrogens is 1370 g/mol. The van der Waals surface area contributed by atoms with E-state index in [4.69, 9.17) is 54.1 Å². The number of nitrogens with zero attached hydrogens (tertiary/aromatic N) is 2. The maximum atomic E-state index is 13.3. The summed E-state index contributed by atoms with van der Waals surface area (Å²) >= 11 is 0. The summed E-state index contributed by atoms with van der Waals surface area (Å²) in [5.41, 5.74) is 15.0. The van der Waals surface area contributed by atoms with E-state index in [0.717, 1.165) is 19.3 Å². The summed E-state index contributed by atoms with van der Waals surface area (Å²) in [7, 11) is 0. The Morgan fingerprint density at radius 3 is 1.06 bits per heavy atom. The van der Waals surface area contributed by atoms with Crippen LogP contribution in [0.3, 0.4) is 0 Å². The van der Waals surface area contributed by atoms with Crippen LogP contribution in [0.1, 0.15) is 159 Å². The smallest absolute Gasteiger partial charge is 0.246 e. The van der Waals surface area contributed by atoms with Gasteiger partial charge in [0, 0.05) is 83.7 Å². The number of amides is 9. The van der Waals surface area contributed by atoms with Crippen molar-refractivity contribution in [3.63, 3.8) is 0 Å². The van der Waals surface area contributed by atoms with E-state index < -0.39 is 29.1 Å². The molecule has 0 unspecified atom stereocenters. The van der Waals surface area contributed by atoms with Crippen LogP contribution in [0.4, 0.5) is 0 Å². The lowest BCUT2D eigenvalue weighted by Crippen LogP contribution is -2.57. The zero-order valence-corrected chi connectivity index (χ0v) is 64.6. The number of nitrogens with two attached hydrogens (primary N) is 2. The molecule has 0 fully saturated rings. The third-order valence-corrected chi connectivity index (χ3v) is 15.6. The normalized spacial score (nSPS) is 12.6. The zero-order valence-electron chi connectivity index (χ0n) is 64.6. The van der Waals surface area contributed by atoms with Crippen LogP contribution in [0.25, 0.3) is 0 Å². The van der Waals surface area contributed by atoms with Crippen LogP contribution in [0.15, 0.2) is 47.6 Å². The summed E-state index contributed by atoms with van der Waals surface area (Å²) in [6.45, 7) is 32.2. The molecule has 0 aromatic heterocycles. The molecule has 0 aliphatic carbocycles. The van der Waals surface area contributed by atoms with Crippen molar-refractivity contribution in [2.75, 3.05) is 165 Å². The number of rotatable bonds is 67. The van der Waals surface area contributed by atoms with E-state index in [2.05, 4.69) is 96.3 Å². The summed E-state index contributed by atoms with van der Waals surface area (Å²) in [6.07, 6.45) is 9.70. The largest absolute Gasteiger partial charge is 0.411 e. The van der Waals surface area contributed by atoms with Crippen molar-refractivity contribution < 1.29 is 96.2 Å². The molecule has 33 heteroatoms. The number of hydrogen-bond donors (Lipinski definition) is 13. The van der Waals surface area contributed by atoms with Gasteiger partial charge in [-0.25, -0.2) is 0 Å². The lowest BCUT2D eigenvalue weighted by atomic mass is 9.98. The molecule has 0 saturated carbocycles. The van der Waals surface area contributed by atoms with Crippen molar-refractivity contribution in [3.05, 3.63) is 37.3 Å². The van der Waals surface area contributed by atoms with E-state index in [1.54, 1.807) is 27.7 Å². The quantitative estimate of drug-likeness (QED) is 0.0137. The maximum Gasteiger partial charge on any atom is 0.246 e. The van der Waals surface area contributed by atoms with Crippen LogP contribution in [0, 0.1) is 11.8 Å². The molecule has 105 heavy (non-hydrogen) atoms. The molecule has 0 aromatic rings. The van der Waals surface area contributed by atoms with Gasteiger partial charge in [-0.2, -0.15) is 0 Å². The summed E-state index contributed by atoms with van der Waals surface area (Å²) in [4.78, 5) is 111. The van der Waals surface area contributed by atoms with Crippen molar-refractivity contribution in [3.8, 4) is 0 Å². The van der Waals surface area contributed by atoms with E-state index in [-0.39, 0.29) is 177 Å². The Morgan fingerprint density at radius 1 is 0.438 bits per heavy atom. The monoisotopic (exact) mass is 1500 g/mol. The molecule has 0 spiro atoms. The van der Waals surface area contributed by atoms with E-state index in [1.807, 2.05) is 33.8 Å². The second-order valence-corrected chi connectivity index (χ2v) is 25.5. The number of nitrogens with one attached hydrogen (secondary N) is 9. The van der Waals surface area contributed by atoms with Gasteiger partial charge in [0.05, 0.1) is 108 Å². The number of allylic oxidation sites excluding steroid dienone is 1. The van der Waals surface area contributed by atoms with Crippen LogP contribution in [0.5, 0.6) is 0 Å². The summed E-state index contributed by atoms with van der Waals surface area (Å²) in [5, 5.41) is 51.6. The average Bonchev–Trinajstić information content (AvgIpc) is 0.870. The molecule has 0 saturated heterocycles. The van der Waals surface area contributed by atoms with Gasteiger partial charge in [0.25, 0.3) is 0 Å². The molecule has 0 radical (unpaired) electrons. The predicted octanol–water partition coefficient (Wildman–Crippen LogP) is 2.52. The number of primary amides is 2. The van der Waals surface area contributed by atoms with E-state index in [1.165, 1.54) is 0 Å². The van der Waals surface area contributed by atoms with Crippen molar-refractivity contribution in [2.24, 2.45) is 33.6 Å². The summed E-state index contributed by atoms with van der Waals surface area (Å²) < 4.78 is 48.8. The molecule has 15 N–H and O–H groups in total. The predicted molar refractivity (Wildman–Crippen MR) is 400 cm³/mol. The summed E-state index contributed by atoms with van der Waals surface area (Å²) in [5.74, 6) is -3.35. The van der Waals surface area contributed by atoms with Crippen molar-refractivity contribution in [1.29, 1.82) is 0 Å². The molecule has 3 atom stereocenters. The molecule has 9 amide bonds. The van der Waals surface area contributed by atoms with Gasteiger partial charge in [0.15, 0.2) is 0 Å². The first-order valence-corrected chi connectivity index (χ1v) is 36.4. The van der Waals surface area contributed by atoms with Crippen molar-refractivity contribution in [2.45, 2.75) is 182 Å². The fourth-order valence-corrected chi connectivity index (χ4v) is 8.41. The van der Waals surface area contributed by atoms with E-state index >= 15 is 0 Å². The Hall–Kier alpha value is -7.23. The first-order chi connectivity index (χ1) is 50.2. The van der Waals surface area contributed by atoms with Crippen molar-refractivity contribution in [1.82, 2.24) is 47.9 Å². The van der Waals surface area contributed by atoms with E-state index in [0.29, 0.717) is 135 Å². The Bertz CT molecular complexity index is 2460. The second-order valence-electron chi connectivity index (χ2n) is 25.5. The number of carbonyl (C=O) groups is 9. The lowest BCUT2D eigenvalue weighted by molar-refractivity contribution is -0.129. The summed E-state index contributed by atoms with van der Waals surface area (Å²) in [6, 6.07) is -1.32. The zero-order chi connectivity index (χ0) is 79.2. The third-order valence-electron chi connectivity index (χ3n) is 15.6. The van der Waals surface area contributed by atoms with E-state index in [9.17, 15) is 53.6 Å². The van der Waals surface area contributed by atoms with Crippen LogP contribution in [-0.2, 0) is 85.8 Å². The molecule has 606 valence electrons. The molecule has 0 bridgehead atoms. The van der Waals surface area contributed by atoms with Crippen LogP contribution < -0.4 is 59.3 Å². The average molecular weight is 1500 g/mol. The van der Waals surface area contributed by atoms with Crippen LogP contribution >= 0.6 is 0 Å². The molecule has 0 rings (SSSR count). The number of hydrogen-bond acceptors (Lipinski definition) is 24. The van der Waals surface area contributed by atoms with Gasteiger partial charge < -0.3 is 112 Å². The Morgan fingerprint density at radius 2 is 0.743 bits per heavy atom. The minimum absolute atomic E-state index is 0.0199. The lowest BCUT2D eigenvalue weighted by Gasteiger charge is -2.32. The first-order valence-electron chi connectivity index (χ1n) is 36.4. The number of ether oxygens (including phenoxy) is 9. The minimum Gasteiger partial charge on any atom is -0.411 e. The van der Waals surface area contributed by atoms with Gasteiger partial charge in [-0.3, -0.25) is 43.2 Å². The topological polar surface area (TPSA) is 462 Å². The third kappa shape index (κ3) is 66.0. The van der Waals surface area contributed by atoms with Gasteiger partial charge in [0.1, 0.15) is 32.5 Å². The van der Waals surface area contributed by atoms with Gasteiger partial charge in [0.2, 0.25) is 53.2 Å². The Kier molecular flexibility index (Phi) is 67.8. The SMILES string of the molecule is C/C(=N\O)C(C)(C)NCC(CNC(C)(C)/C(C)=N/O)NC(=O)CCCC(=O)N[C@@H](CCCCNC(=O)COCCOCCOCC(=O)NCCCOCCOCCOCCCNC(=O)COCCOCCOCC(=O)NCCCC[C@H](C)C(N)=O)C(=O)NCCCC[C@H](C)C(N)=O.C=C=C.C=C=CCC. The maximum absolute atomic E-state index is 13.3.